The molecule has 39 heavy (non-hydrogen) atoms. The molecular weight excluding hydrogens is 545 g/mol. The van der Waals surface area contributed by atoms with Crippen molar-refractivity contribution in [1.82, 2.24) is 0 Å². The van der Waals surface area contributed by atoms with Gasteiger partial charge < -0.3 is 18.9 Å². The van der Waals surface area contributed by atoms with Gasteiger partial charge >= 0.3 is 12.1 Å². The zero-order valence-electron chi connectivity index (χ0n) is 21.0. The molecule has 2 amide bonds. The molecule has 4 rings (SSSR count). The van der Waals surface area contributed by atoms with Gasteiger partial charge in [0.1, 0.15) is 18.1 Å². The summed E-state index contributed by atoms with van der Waals surface area (Å²) < 4.78 is 21.2. The van der Waals surface area contributed by atoms with Crippen LogP contribution in [0.4, 0.5) is 10.5 Å². The Morgan fingerprint density at radius 3 is 2.26 bits per heavy atom. The van der Waals surface area contributed by atoms with Crippen LogP contribution in [0.3, 0.4) is 0 Å². The Hall–Kier alpha value is -4.27. The number of methoxy groups -OCH3 is 2. The van der Waals surface area contributed by atoms with Crippen molar-refractivity contribution in [2.75, 3.05) is 25.7 Å². The zero-order chi connectivity index (χ0) is 27.9. The summed E-state index contributed by atoms with van der Waals surface area (Å²) in [6.45, 7) is -0.528. The summed E-state index contributed by atoms with van der Waals surface area (Å²) in [6, 6.07) is 21.5. The van der Waals surface area contributed by atoms with Gasteiger partial charge in [0, 0.05) is 10.4 Å². The number of hydrogen-bond acceptors (Lipinski definition) is 7. The van der Waals surface area contributed by atoms with E-state index in [-0.39, 0.29) is 22.9 Å². The van der Waals surface area contributed by atoms with Gasteiger partial charge in [-0.1, -0.05) is 53.5 Å². The molecule has 4 aromatic carbocycles. The van der Waals surface area contributed by atoms with Crippen LogP contribution < -0.4 is 14.4 Å². The first-order valence-corrected chi connectivity index (χ1v) is 12.4. The fraction of sp³-hybridized carbons (Fsp3) is 0.138. The predicted octanol–water partition coefficient (Wildman–Crippen LogP) is 6.69. The molecule has 200 valence electrons. The van der Waals surface area contributed by atoms with Crippen LogP contribution in [0.15, 0.2) is 78.9 Å². The molecule has 0 aliphatic rings. The number of carbonyl (C=O) groups is 3. The van der Waals surface area contributed by atoms with Crippen LogP contribution in [0.5, 0.6) is 11.5 Å². The number of carbonyl (C=O) groups excluding carboxylic acids is 3. The number of rotatable bonds is 8. The fourth-order valence-corrected chi connectivity index (χ4v) is 4.40. The van der Waals surface area contributed by atoms with Crippen LogP contribution in [0.1, 0.15) is 15.9 Å². The lowest BCUT2D eigenvalue weighted by molar-refractivity contribution is -0.120. The van der Waals surface area contributed by atoms with Crippen LogP contribution in [0.25, 0.3) is 10.8 Å². The SMILES string of the molecule is COC(=O)N(C(=O)COc1cc(C(=O)OCc2ccc(OC)cc2)cc2cc(Cl)cc(Cl)c12)c1ccccc1. The standard InChI is InChI=1S/C29H23Cl2NO7/c1-36-23-10-8-18(9-11-23)16-39-28(34)20-12-19-13-21(30)15-24(31)27(19)25(14-20)38-17-26(33)32(29(35)37-2)22-6-4-3-5-7-22/h3-15H,16-17H2,1-2H3. The molecule has 0 fully saturated rings. The minimum Gasteiger partial charge on any atom is -0.497 e. The number of imide groups is 1. The molecule has 0 aliphatic heterocycles. The zero-order valence-corrected chi connectivity index (χ0v) is 22.5. The maximum absolute atomic E-state index is 13.1. The van der Waals surface area contributed by atoms with Crippen molar-refractivity contribution < 1.29 is 33.3 Å². The number of ether oxygens (including phenoxy) is 4. The Bertz CT molecular complexity index is 1510. The molecule has 0 spiro atoms. The number of amides is 2. The summed E-state index contributed by atoms with van der Waals surface area (Å²) in [5.74, 6) is -0.501. The lowest BCUT2D eigenvalue weighted by atomic mass is 10.1. The summed E-state index contributed by atoms with van der Waals surface area (Å²) in [6.07, 6.45) is -0.875. The van der Waals surface area contributed by atoms with E-state index in [1.54, 1.807) is 73.8 Å². The van der Waals surface area contributed by atoms with Gasteiger partial charge in [-0.2, -0.15) is 0 Å². The molecule has 8 nitrogen and oxygen atoms in total. The Labute approximate surface area is 234 Å². The first kappa shape index (κ1) is 27.8. The quantitative estimate of drug-likeness (QED) is 0.219. The van der Waals surface area contributed by atoms with Crippen molar-refractivity contribution in [3.63, 3.8) is 0 Å². The van der Waals surface area contributed by atoms with Crippen LogP contribution >= 0.6 is 23.2 Å². The third-order valence-corrected chi connectivity index (χ3v) is 6.18. The first-order chi connectivity index (χ1) is 18.8. The van der Waals surface area contributed by atoms with E-state index < -0.39 is 24.6 Å². The second-order valence-electron chi connectivity index (χ2n) is 8.21. The van der Waals surface area contributed by atoms with Crippen molar-refractivity contribution >= 4 is 57.6 Å². The topological polar surface area (TPSA) is 91.4 Å². The number of anilines is 1. The highest BCUT2D eigenvalue weighted by molar-refractivity contribution is 6.39. The van der Waals surface area contributed by atoms with Crippen molar-refractivity contribution in [3.8, 4) is 11.5 Å². The van der Waals surface area contributed by atoms with Crippen LogP contribution in [-0.4, -0.2) is 38.8 Å². The summed E-state index contributed by atoms with van der Waals surface area (Å²) in [5.41, 5.74) is 1.23. The largest absolute Gasteiger partial charge is 0.497 e. The molecule has 0 radical (unpaired) electrons. The number of hydrogen-bond donors (Lipinski definition) is 0. The molecule has 0 unspecified atom stereocenters. The van der Waals surface area contributed by atoms with Gasteiger partial charge in [0.15, 0.2) is 6.61 Å². The second kappa shape index (κ2) is 12.5. The van der Waals surface area contributed by atoms with Crippen LogP contribution in [0, 0.1) is 0 Å². The summed E-state index contributed by atoms with van der Waals surface area (Å²) in [7, 11) is 2.74. The minimum absolute atomic E-state index is 0.0248. The second-order valence-corrected chi connectivity index (χ2v) is 9.05. The van der Waals surface area contributed by atoms with Gasteiger partial charge in [-0.25, -0.2) is 14.5 Å². The number of fused-ring (bicyclic) bond motifs is 1. The highest BCUT2D eigenvalue weighted by Crippen LogP contribution is 2.36. The van der Waals surface area contributed by atoms with Gasteiger partial charge in [-0.15, -0.1) is 0 Å². The smallest absolute Gasteiger partial charge is 0.421 e. The number of halogens is 2. The Balaban J connectivity index is 1.60. The molecular formula is C29H23Cl2NO7. The van der Waals surface area contributed by atoms with Crippen LogP contribution in [0.2, 0.25) is 10.0 Å². The number of para-hydroxylation sites is 1. The van der Waals surface area contributed by atoms with E-state index in [0.29, 0.717) is 27.2 Å². The molecule has 0 aromatic heterocycles. The molecule has 4 aromatic rings. The van der Waals surface area contributed by atoms with E-state index in [4.69, 9.17) is 42.1 Å². The maximum atomic E-state index is 13.1. The Morgan fingerprint density at radius 1 is 0.872 bits per heavy atom. The number of benzene rings is 4. The molecule has 0 atom stereocenters. The molecule has 0 bridgehead atoms. The van der Waals surface area contributed by atoms with E-state index in [0.717, 1.165) is 10.5 Å². The molecule has 0 heterocycles. The third kappa shape index (κ3) is 6.60. The highest BCUT2D eigenvalue weighted by Gasteiger charge is 2.25. The minimum atomic E-state index is -0.875. The van der Waals surface area contributed by atoms with Crippen molar-refractivity contribution in [2.45, 2.75) is 6.61 Å². The van der Waals surface area contributed by atoms with Crippen LogP contribution in [-0.2, 0) is 20.9 Å². The summed E-state index contributed by atoms with van der Waals surface area (Å²) >= 11 is 12.6. The summed E-state index contributed by atoms with van der Waals surface area (Å²) in [5, 5.41) is 1.54. The van der Waals surface area contributed by atoms with E-state index in [1.165, 1.54) is 19.2 Å². The fourth-order valence-electron chi connectivity index (χ4n) is 3.80. The molecule has 0 aliphatic carbocycles. The monoisotopic (exact) mass is 567 g/mol. The Kier molecular flexibility index (Phi) is 8.91. The third-order valence-electron chi connectivity index (χ3n) is 5.67. The normalized spacial score (nSPS) is 10.6. The lowest BCUT2D eigenvalue weighted by Crippen LogP contribution is -2.40. The first-order valence-electron chi connectivity index (χ1n) is 11.6. The molecule has 0 saturated heterocycles. The molecule has 10 heteroatoms. The van der Waals surface area contributed by atoms with E-state index >= 15 is 0 Å². The van der Waals surface area contributed by atoms with E-state index in [2.05, 4.69) is 0 Å². The Morgan fingerprint density at radius 2 is 1.59 bits per heavy atom. The average Bonchev–Trinajstić information content (AvgIpc) is 2.94. The predicted molar refractivity (Wildman–Crippen MR) is 148 cm³/mol. The van der Waals surface area contributed by atoms with Gasteiger partial charge in [0.25, 0.3) is 5.91 Å². The van der Waals surface area contributed by atoms with Crippen molar-refractivity contribution in [3.05, 3.63) is 100 Å². The molecule has 0 saturated carbocycles. The van der Waals surface area contributed by atoms with Crippen molar-refractivity contribution in [2.24, 2.45) is 0 Å². The van der Waals surface area contributed by atoms with Crippen molar-refractivity contribution in [1.29, 1.82) is 0 Å². The van der Waals surface area contributed by atoms with Gasteiger partial charge in [-0.05, 0) is 59.5 Å². The van der Waals surface area contributed by atoms with Gasteiger partial charge in [0.05, 0.1) is 30.5 Å². The summed E-state index contributed by atoms with van der Waals surface area (Å²) in [4.78, 5) is 39.2. The maximum Gasteiger partial charge on any atom is 0.421 e. The van der Waals surface area contributed by atoms with Gasteiger partial charge in [-0.3, -0.25) is 4.79 Å². The van der Waals surface area contributed by atoms with Gasteiger partial charge in [0.2, 0.25) is 0 Å². The number of esters is 1. The lowest BCUT2D eigenvalue weighted by Gasteiger charge is -2.20. The highest BCUT2D eigenvalue weighted by atomic mass is 35.5. The molecule has 0 N–H and O–H groups in total. The number of nitrogens with zero attached hydrogens (tertiary/aromatic N) is 1. The average molecular weight is 568 g/mol. The van der Waals surface area contributed by atoms with E-state index in [1.807, 2.05) is 0 Å². The van der Waals surface area contributed by atoms with E-state index in [9.17, 15) is 14.4 Å².